The Morgan fingerprint density at radius 1 is 0.805 bits per heavy atom. The normalized spacial score (nSPS) is 17.0. The van der Waals surface area contributed by atoms with Crippen LogP contribution in [-0.2, 0) is 9.59 Å². The second-order valence-corrected chi connectivity index (χ2v) is 10.2. The second-order valence-electron chi connectivity index (χ2n) is 10.2. The molecule has 0 unspecified atom stereocenters. The number of aromatic nitrogens is 1. The largest absolute Gasteiger partial charge is 0.618 e. The van der Waals surface area contributed by atoms with E-state index in [-0.39, 0.29) is 28.6 Å². The van der Waals surface area contributed by atoms with E-state index in [0.717, 1.165) is 6.07 Å². The van der Waals surface area contributed by atoms with E-state index in [1.807, 2.05) is 0 Å². The van der Waals surface area contributed by atoms with Gasteiger partial charge < -0.3 is 30.1 Å². The molecule has 4 aromatic rings. The number of anilines is 2. The van der Waals surface area contributed by atoms with Gasteiger partial charge in [0, 0.05) is 29.6 Å². The van der Waals surface area contributed by atoms with Crippen molar-refractivity contribution in [3.8, 4) is 23.0 Å². The van der Waals surface area contributed by atoms with Gasteiger partial charge in [-0.3, -0.25) is 9.59 Å². The highest BCUT2D eigenvalue weighted by molar-refractivity contribution is 6.04. The van der Waals surface area contributed by atoms with Crippen LogP contribution in [0.25, 0.3) is 10.9 Å². The summed E-state index contributed by atoms with van der Waals surface area (Å²) in [6, 6.07) is 13.7. The maximum atomic E-state index is 15.1. The maximum absolute atomic E-state index is 15.1. The van der Waals surface area contributed by atoms with Gasteiger partial charge in [-0.25, -0.2) is 8.78 Å². The fraction of sp³-hybridized carbons (Fsp3) is 0.233. The molecule has 11 heteroatoms. The smallest absolute Gasteiger partial charge is 0.231 e. The van der Waals surface area contributed by atoms with Crippen molar-refractivity contribution >= 4 is 34.1 Å². The second kappa shape index (κ2) is 10.6. The zero-order chi connectivity index (χ0) is 29.5. The van der Waals surface area contributed by atoms with E-state index >= 15 is 4.39 Å². The van der Waals surface area contributed by atoms with Crippen LogP contribution in [0.3, 0.4) is 0 Å². The van der Waals surface area contributed by atoms with Gasteiger partial charge in [0.1, 0.15) is 11.6 Å². The minimum absolute atomic E-state index is 0.133. The fourth-order valence-corrected chi connectivity index (χ4v) is 5.01. The van der Waals surface area contributed by atoms with E-state index in [2.05, 4.69) is 10.6 Å². The van der Waals surface area contributed by atoms with Gasteiger partial charge in [0.25, 0.3) is 0 Å². The van der Waals surface area contributed by atoms with Crippen molar-refractivity contribution in [2.24, 2.45) is 17.3 Å². The predicted molar refractivity (Wildman–Crippen MR) is 147 cm³/mol. The summed E-state index contributed by atoms with van der Waals surface area (Å²) in [5.74, 6) is -2.46. The van der Waals surface area contributed by atoms with Crippen LogP contribution in [0, 0.1) is 34.1 Å². The first-order valence-corrected chi connectivity index (χ1v) is 12.7. The van der Waals surface area contributed by atoms with Crippen LogP contribution in [0.2, 0.25) is 0 Å². The number of carbonyl (C=O) groups is 2. The van der Waals surface area contributed by atoms with Crippen molar-refractivity contribution in [2.45, 2.75) is 13.8 Å². The van der Waals surface area contributed by atoms with Crippen molar-refractivity contribution < 1.29 is 37.3 Å². The predicted octanol–water partition coefficient (Wildman–Crippen LogP) is 5.41. The van der Waals surface area contributed by atoms with Crippen LogP contribution >= 0.6 is 0 Å². The molecule has 0 bridgehead atoms. The summed E-state index contributed by atoms with van der Waals surface area (Å²) in [7, 11) is 2.90. The number of hydrogen-bond donors (Lipinski definition) is 2. The van der Waals surface area contributed by atoms with E-state index in [1.54, 1.807) is 19.9 Å². The Morgan fingerprint density at radius 2 is 1.39 bits per heavy atom. The molecule has 2 N–H and O–H groups in total. The molecule has 212 valence electrons. The summed E-state index contributed by atoms with van der Waals surface area (Å²) in [6.45, 7) is 3.59. The lowest BCUT2D eigenvalue weighted by Crippen LogP contribution is -2.26. The summed E-state index contributed by atoms with van der Waals surface area (Å²) in [6.07, 6.45) is 1.23. The number of nitrogens with zero attached hydrogens (tertiary/aromatic N) is 1. The number of amides is 2. The zero-order valence-corrected chi connectivity index (χ0v) is 22.7. The van der Waals surface area contributed by atoms with E-state index in [9.17, 15) is 19.2 Å². The fourth-order valence-electron chi connectivity index (χ4n) is 5.01. The third-order valence-electron chi connectivity index (χ3n) is 7.29. The molecule has 0 saturated heterocycles. The van der Waals surface area contributed by atoms with Crippen LogP contribution in [0.4, 0.5) is 20.2 Å². The van der Waals surface area contributed by atoms with Crippen LogP contribution < -0.4 is 29.6 Å². The van der Waals surface area contributed by atoms with E-state index in [4.69, 9.17) is 14.2 Å². The van der Waals surface area contributed by atoms with Gasteiger partial charge in [-0.2, -0.15) is 4.73 Å². The standard InChI is InChI=1S/C30H27F2N3O6/c1-30(2)26(28(36)33-17-7-5-16(31)6-8-17)27(30)29(37)34-18-9-10-23(20(32)13-18)41-22-11-12-35(38)21-15-25(40-4)24(39-3)14-19(21)22/h5-15,26-27H,1-4H3,(H,33,36)(H,34,37)/t26-,27+/m0/s1. The Labute approximate surface area is 234 Å². The maximum Gasteiger partial charge on any atom is 0.231 e. The Bertz CT molecular complexity index is 1660. The molecule has 1 saturated carbocycles. The van der Waals surface area contributed by atoms with Gasteiger partial charge in [0.15, 0.2) is 29.3 Å². The molecule has 1 aromatic heterocycles. The number of halogens is 2. The molecule has 0 radical (unpaired) electrons. The first kappa shape index (κ1) is 27.6. The minimum atomic E-state index is -0.754. The first-order chi connectivity index (χ1) is 19.5. The molecule has 9 nitrogen and oxygen atoms in total. The van der Waals surface area contributed by atoms with E-state index < -0.39 is 34.8 Å². The molecule has 0 aliphatic heterocycles. The van der Waals surface area contributed by atoms with E-state index in [0.29, 0.717) is 27.3 Å². The average molecular weight is 564 g/mol. The zero-order valence-electron chi connectivity index (χ0n) is 22.7. The van der Waals surface area contributed by atoms with Gasteiger partial charge in [-0.15, -0.1) is 0 Å². The Kier molecular flexibility index (Phi) is 7.12. The molecular formula is C30H27F2N3O6. The number of rotatable bonds is 8. The number of carbonyl (C=O) groups excluding carboxylic acids is 2. The number of methoxy groups -OCH3 is 2. The number of benzene rings is 3. The number of ether oxygens (including phenoxy) is 3. The van der Waals surface area contributed by atoms with Gasteiger partial charge in [0.2, 0.25) is 17.3 Å². The monoisotopic (exact) mass is 563 g/mol. The minimum Gasteiger partial charge on any atom is -0.618 e. The molecule has 2 amide bonds. The molecule has 1 aliphatic rings. The van der Waals surface area contributed by atoms with E-state index in [1.165, 1.54) is 68.9 Å². The van der Waals surface area contributed by atoms with Crippen molar-refractivity contribution in [3.05, 3.63) is 83.7 Å². The van der Waals surface area contributed by atoms with Crippen LogP contribution in [0.5, 0.6) is 23.0 Å². The molecule has 1 fully saturated rings. The van der Waals surface area contributed by atoms with Gasteiger partial charge in [0.05, 0.1) is 37.5 Å². The van der Waals surface area contributed by atoms with Crippen molar-refractivity contribution in [2.75, 3.05) is 24.9 Å². The highest BCUT2D eigenvalue weighted by Crippen LogP contribution is 2.59. The molecule has 41 heavy (non-hydrogen) atoms. The molecule has 2 atom stereocenters. The quantitative estimate of drug-likeness (QED) is 0.219. The van der Waals surface area contributed by atoms with Crippen molar-refractivity contribution in [1.82, 2.24) is 0 Å². The average Bonchev–Trinajstić information content (AvgIpc) is 3.54. The molecular weight excluding hydrogens is 536 g/mol. The highest BCUT2D eigenvalue weighted by Gasteiger charge is 2.65. The summed E-state index contributed by atoms with van der Waals surface area (Å²) in [4.78, 5) is 25.8. The number of pyridine rings is 1. The molecule has 0 spiro atoms. The number of hydrogen-bond acceptors (Lipinski definition) is 6. The third-order valence-corrected chi connectivity index (χ3v) is 7.29. The first-order valence-electron chi connectivity index (χ1n) is 12.7. The van der Waals surface area contributed by atoms with Crippen LogP contribution in [0.15, 0.2) is 66.9 Å². The summed E-state index contributed by atoms with van der Waals surface area (Å²) in [5, 5.41) is 18.1. The molecule has 5 rings (SSSR count). The molecule has 3 aromatic carbocycles. The lowest BCUT2D eigenvalue weighted by molar-refractivity contribution is -0.577. The lowest BCUT2D eigenvalue weighted by atomic mass is 10.1. The Hall–Kier alpha value is -4.93. The van der Waals surface area contributed by atoms with Crippen LogP contribution in [0.1, 0.15) is 13.8 Å². The van der Waals surface area contributed by atoms with Crippen molar-refractivity contribution in [3.63, 3.8) is 0 Å². The van der Waals surface area contributed by atoms with Gasteiger partial charge >= 0.3 is 0 Å². The summed E-state index contributed by atoms with van der Waals surface area (Å²) in [5.41, 5.74) is 0.202. The molecule has 1 heterocycles. The lowest BCUT2D eigenvalue weighted by Gasteiger charge is -2.13. The highest BCUT2D eigenvalue weighted by atomic mass is 19.1. The number of fused-ring (bicyclic) bond motifs is 1. The third kappa shape index (κ3) is 5.30. The Balaban J connectivity index is 1.30. The SMILES string of the molecule is COc1cc2c(Oc3ccc(NC(=O)[C@H]4[C@@H](C(=O)Nc5ccc(F)cc5)C4(C)C)cc3F)cc[n+]([O-])c2cc1OC. The topological polar surface area (TPSA) is 113 Å². The van der Waals surface area contributed by atoms with Crippen molar-refractivity contribution in [1.29, 1.82) is 0 Å². The molecule has 1 aliphatic carbocycles. The number of nitrogens with one attached hydrogen (secondary N) is 2. The van der Waals surface area contributed by atoms with Crippen LogP contribution in [-0.4, -0.2) is 26.0 Å². The van der Waals surface area contributed by atoms with Gasteiger partial charge in [-0.05, 0) is 41.8 Å². The summed E-state index contributed by atoms with van der Waals surface area (Å²) >= 11 is 0. The Morgan fingerprint density at radius 3 is 2.00 bits per heavy atom. The summed E-state index contributed by atoms with van der Waals surface area (Å²) < 4.78 is 45.3. The van der Waals surface area contributed by atoms with Gasteiger partial charge in [-0.1, -0.05) is 13.8 Å².